The van der Waals surface area contributed by atoms with Crippen molar-refractivity contribution in [1.82, 2.24) is 5.32 Å². The van der Waals surface area contributed by atoms with Crippen LogP contribution >= 0.6 is 0 Å². The summed E-state index contributed by atoms with van der Waals surface area (Å²) in [6.45, 7) is 5.31. The Labute approximate surface area is 144 Å². The summed E-state index contributed by atoms with van der Waals surface area (Å²) < 4.78 is 5.66. The molecular formula is C20H26N2O2. The minimum atomic E-state index is -0.500. The van der Waals surface area contributed by atoms with Crippen molar-refractivity contribution in [3.05, 3.63) is 60.2 Å². The first-order valence-corrected chi connectivity index (χ1v) is 8.33. The largest absolute Gasteiger partial charge is 0.481 e. The van der Waals surface area contributed by atoms with E-state index in [1.54, 1.807) is 6.92 Å². The van der Waals surface area contributed by atoms with E-state index in [0.29, 0.717) is 12.3 Å². The topological polar surface area (TPSA) is 41.6 Å². The summed E-state index contributed by atoms with van der Waals surface area (Å²) in [6.07, 6.45) is 0.383. The molecule has 128 valence electrons. The summed E-state index contributed by atoms with van der Waals surface area (Å²) in [5, 5.41) is 2.93. The summed E-state index contributed by atoms with van der Waals surface area (Å²) >= 11 is 0. The number of hydrogen-bond acceptors (Lipinski definition) is 3. The van der Waals surface area contributed by atoms with Gasteiger partial charge >= 0.3 is 0 Å². The van der Waals surface area contributed by atoms with Crippen molar-refractivity contribution in [3.63, 3.8) is 0 Å². The van der Waals surface area contributed by atoms with E-state index < -0.39 is 6.10 Å². The van der Waals surface area contributed by atoms with Crippen LogP contribution in [0.1, 0.15) is 18.9 Å². The van der Waals surface area contributed by atoms with Crippen molar-refractivity contribution in [1.29, 1.82) is 0 Å². The molecule has 2 aromatic carbocycles. The van der Waals surface area contributed by atoms with Gasteiger partial charge in [0.05, 0.1) is 0 Å². The zero-order chi connectivity index (χ0) is 17.4. The highest BCUT2D eigenvalue weighted by molar-refractivity contribution is 5.80. The number of carbonyl (C=O) groups excluding carboxylic acids is 1. The van der Waals surface area contributed by atoms with Gasteiger partial charge in [0.25, 0.3) is 5.91 Å². The average molecular weight is 326 g/mol. The van der Waals surface area contributed by atoms with Crippen molar-refractivity contribution in [2.24, 2.45) is 0 Å². The first kappa shape index (κ1) is 17.9. The van der Waals surface area contributed by atoms with Crippen LogP contribution in [0.5, 0.6) is 5.75 Å². The van der Waals surface area contributed by atoms with E-state index in [1.807, 2.05) is 49.4 Å². The van der Waals surface area contributed by atoms with Gasteiger partial charge in [-0.25, -0.2) is 0 Å². The summed E-state index contributed by atoms with van der Waals surface area (Å²) in [6, 6.07) is 17.9. The van der Waals surface area contributed by atoms with Crippen LogP contribution < -0.4 is 15.0 Å². The highest BCUT2D eigenvalue weighted by atomic mass is 16.5. The Morgan fingerprint density at radius 1 is 1.12 bits per heavy atom. The standard InChI is InChI=1S/C20H26N2O2/c1-16-10-12-19(13-11-16)24-17(2)20(23)21-14-7-15-22(3)18-8-5-4-6-9-18/h4-6,8-13,17H,7,14-15H2,1-3H3,(H,21,23)/t17-/m0/s1. The van der Waals surface area contributed by atoms with Gasteiger partial charge in [-0.05, 0) is 44.5 Å². The van der Waals surface area contributed by atoms with E-state index in [9.17, 15) is 4.79 Å². The van der Waals surface area contributed by atoms with Crippen LogP contribution in [-0.2, 0) is 4.79 Å². The van der Waals surface area contributed by atoms with E-state index in [2.05, 4.69) is 29.4 Å². The lowest BCUT2D eigenvalue weighted by Crippen LogP contribution is -2.37. The van der Waals surface area contributed by atoms with E-state index in [-0.39, 0.29) is 5.91 Å². The minimum Gasteiger partial charge on any atom is -0.481 e. The molecule has 0 heterocycles. The number of ether oxygens (including phenoxy) is 1. The maximum absolute atomic E-state index is 12.1. The first-order valence-electron chi connectivity index (χ1n) is 8.33. The maximum atomic E-state index is 12.1. The molecule has 0 fully saturated rings. The number of carbonyl (C=O) groups is 1. The zero-order valence-electron chi connectivity index (χ0n) is 14.7. The number of para-hydroxylation sites is 1. The van der Waals surface area contributed by atoms with E-state index in [0.717, 1.165) is 13.0 Å². The van der Waals surface area contributed by atoms with Crippen molar-refractivity contribution in [3.8, 4) is 5.75 Å². The van der Waals surface area contributed by atoms with Crippen molar-refractivity contribution < 1.29 is 9.53 Å². The lowest BCUT2D eigenvalue weighted by atomic mass is 10.2. The molecule has 0 unspecified atom stereocenters. The predicted molar refractivity (Wildman–Crippen MR) is 98.6 cm³/mol. The van der Waals surface area contributed by atoms with Gasteiger partial charge in [-0.15, -0.1) is 0 Å². The van der Waals surface area contributed by atoms with Gasteiger partial charge in [0.2, 0.25) is 0 Å². The van der Waals surface area contributed by atoms with E-state index in [1.165, 1.54) is 11.3 Å². The molecule has 0 aliphatic heterocycles. The van der Waals surface area contributed by atoms with Crippen LogP contribution in [0, 0.1) is 6.92 Å². The monoisotopic (exact) mass is 326 g/mol. The normalized spacial score (nSPS) is 11.6. The first-order chi connectivity index (χ1) is 11.6. The number of benzene rings is 2. The fraction of sp³-hybridized carbons (Fsp3) is 0.350. The second-order valence-corrected chi connectivity index (χ2v) is 5.97. The third-order valence-corrected chi connectivity index (χ3v) is 3.87. The molecule has 0 radical (unpaired) electrons. The Morgan fingerprint density at radius 2 is 1.79 bits per heavy atom. The SMILES string of the molecule is Cc1ccc(O[C@@H](C)C(=O)NCCCN(C)c2ccccc2)cc1. The van der Waals surface area contributed by atoms with Gasteiger partial charge in [-0.2, -0.15) is 0 Å². The van der Waals surface area contributed by atoms with Crippen LogP contribution in [0.2, 0.25) is 0 Å². The Bertz CT molecular complexity index is 626. The van der Waals surface area contributed by atoms with Crippen molar-refractivity contribution in [2.75, 3.05) is 25.0 Å². The molecule has 2 rings (SSSR count). The van der Waals surface area contributed by atoms with Crippen LogP contribution in [-0.4, -0.2) is 32.1 Å². The van der Waals surface area contributed by atoms with Gasteiger partial charge in [0.1, 0.15) is 5.75 Å². The molecule has 4 nitrogen and oxygen atoms in total. The number of rotatable bonds is 8. The summed E-state index contributed by atoms with van der Waals surface area (Å²) in [5.41, 5.74) is 2.35. The molecular weight excluding hydrogens is 300 g/mol. The van der Waals surface area contributed by atoms with E-state index >= 15 is 0 Å². The van der Waals surface area contributed by atoms with Gasteiger partial charge in [0, 0.05) is 25.8 Å². The van der Waals surface area contributed by atoms with Crippen molar-refractivity contribution in [2.45, 2.75) is 26.4 Å². The second-order valence-electron chi connectivity index (χ2n) is 5.97. The molecule has 0 aliphatic carbocycles. The van der Waals surface area contributed by atoms with Crippen LogP contribution in [0.3, 0.4) is 0 Å². The molecule has 0 bridgehead atoms. The highest BCUT2D eigenvalue weighted by Gasteiger charge is 2.13. The zero-order valence-corrected chi connectivity index (χ0v) is 14.7. The van der Waals surface area contributed by atoms with E-state index in [4.69, 9.17) is 4.74 Å². The Kier molecular flexibility index (Phi) is 6.67. The Morgan fingerprint density at radius 3 is 2.46 bits per heavy atom. The van der Waals surface area contributed by atoms with Crippen molar-refractivity contribution >= 4 is 11.6 Å². The molecule has 0 spiro atoms. The summed E-state index contributed by atoms with van der Waals surface area (Å²) in [7, 11) is 2.06. The van der Waals surface area contributed by atoms with Crippen LogP contribution in [0.25, 0.3) is 0 Å². The number of nitrogens with zero attached hydrogens (tertiary/aromatic N) is 1. The minimum absolute atomic E-state index is 0.0852. The Hall–Kier alpha value is -2.49. The molecule has 2 aromatic rings. The second kappa shape index (κ2) is 8.96. The number of amides is 1. The Balaban J connectivity index is 1.68. The number of anilines is 1. The lowest BCUT2D eigenvalue weighted by molar-refractivity contribution is -0.127. The van der Waals surface area contributed by atoms with Gasteiger partial charge < -0.3 is 15.0 Å². The molecule has 0 aromatic heterocycles. The van der Waals surface area contributed by atoms with Gasteiger partial charge in [-0.1, -0.05) is 35.9 Å². The molecule has 1 amide bonds. The molecule has 24 heavy (non-hydrogen) atoms. The van der Waals surface area contributed by atoms with Gasteiger partial charge in [0.15, 0.2) is 6.10 Å². The summed E-state index contributed by atoms with van der Waals surface area (Å²) in [4.78, 5) is 14.3. The fourth-order valence-electron chi connectivity index (χ4n) is 2.36. The number of nitrogens with one attached hydrogen (secondary N) is 1. The fourth-order valence-corrected chi connectivity index (χ4v) is 2.36. The number of hydrogen-bond donors (Lipinski definition) is 1. The molecule has 1 N–H and O–H groups in total. The third-order valence-electron chi connectivity index (χ3n) is 3.87. The summed E-state index contributed by atoms with van der Waals surface area (Å²) in [5.74, 6) is 0.630. The molecule has 0 saturated heterocycles. The van der Waals surface area contributed by atoms with Crippen LogP contribution in [0.15, 0.2) is 54.6 Å². The molecule has 1 atom stereocenters. The smallest absolute Gasteiger partial charge is 0.260 e. The predicted octanol–water partition coefficient (Wildman–Crippen LogP) is 3.41. The molecule has 0 saturated carbocycles. The number of aryl methyl sites for hydroxylation is 1. The quantitative estimate of drug-likeness (QED) is 0.756. The van der Waals surface area contributed by atoms with Crippen LogP contribution in [0.4, 0.5) is 5.69 Å². The molecule has 4 heteroatoms. The third kappa shape index (κ3) is 5.61. The average Bonchev–Trinajstić information content (AvgIpc) is 2.61. The highest BCUT2D eigenvalue weighted by Crippen LogP contribution is 2.13. The molecule has 0 aliphatic rings. The lowest BCUT2D eigenvalue weighted by Gasteiger charge is -2.19. The maximum Gasteiger partial charge on any atom is 0.260 e. The van der Waals surface area contributed by atoms with Gasteiger partial charge in [-0.3, -0.25) is 4.79 Å².